The van der Waals surface area contributed by atoms with Crippen LogP contribution in [0.2, 0.25) is 0 Å². The van der Waals surface area contributed by atoms with E-state index in [2.05, 4.69) is 43.0 Å². The first-order chi connectivity index (χ1) is 8.88. The molecule has 0 aromatic heterocycles. The first-order valence-corrected chi connectivity index (χ1v) is 7.21. The number of allylic oxidation sites excluding steroid dienone is 9. The highest BCUT2D eigenvalue weighted by Crippen LogP contribution is 2.16. The summed E-state index contributed by atoms with van der Waals surface area (Å²) in [6.07, 6.45) is 15.6. The molecule has 0 heteroatoms. The van der Waals surface area contributed by atoms with Crippen LogP contribution in [0.25, 0.3) is 0 Å². The van der Waals surface area contributed by atoms with Gasteiger partial charge in [-0.1, -0.05) is 90.7 Å². The predicted molar refractivity (Wildman–Crippen MR) is 89.0 cm³/mol. The molecule has 0 unspecified atom stereocenters. The summed E-state index contributed by atoms with van der Waals surface area (Å²) in [5.41, 5.74) is 2.46. The van der Waals surface area contributed by atoms with Gasteiger partial charge in [-0.25, -0.2) is 0 Å². The average Bonchev–Trinajstić information content (AvgIpc) is 2.71. The summed E-state index contributed by atoms with van der Waals surface area (Å²) in [5, 5.41) is 0. The lowest BCUT2D eigenvalue weighted by atomic mass is 10.1. The molecule has 0 radical (unpaired) electrons. The molecule has 0 amide bonds. The van der Waals surface area contributed by atoms with Crippen LogP contribution in [0.4, 0.5) is 0 Å². The number of hydrogen-bond acceptors (Lipinski definition) is 0. The summed E-state index contributed by atoms with van der Waals surface area (Å²) in [6.45, 7) is 17.8. The van der Waals surface area contributed by atoms with E-state index >= 15 is 0 Å². The van der Waals surface area contributed by atoms with Crippen molar-refractivity contribution in [3.8, 4) is 0 Å². The normalized spacial score (nSPS) is 12.4. The van der Waals surface area contributed by atoms with E-state index in [-0.39, 0.29) is 0 Å². The van der Waals surface area contributed by atoms with Gasteiger partial charge in [0.05, 0.1) is 0 Å². The molecule has 0 nitrogen and oxygen atoms in total. The smallest absolute Gasteiger partial charge is 0.0157 e. The van der Waals surface area contributed by atoms with Crippen molar-refractivity contribution in [2.75, 3.05) is 0 Å². The van der Waals surface area contributed by atoms with Gasteiger partial charge in [-0.15, -0.1) is 0 Å². The minimum atomic E-state index is 1.01. The van der Waals surface area contributed by atoms with E-state index in [4.69, 9.17) is 0 Å². The van der Waals surface area contributed by atoms with E-state index in [9.17, 15) is 0 Å². The minimum absolute atomic E-state index is 1.01. The molecule has 1 rings (SSSR count). The molecule has 18 heavy (non-hydrogen) atoms. The highest BCUT2D eigenvalue weighted by molar-refractivity contribution is 5.48. The SMILES string of the molecule is C=CC1=CC=CCC=C1/C=C\C.CC.CC.CC. The molecule has 0 bridgehead atoms. The molecule has 0 fully saturated rings. The molecular weight excluding hydrogens is 216 g/mol. The van der Waals surface area contributed by atoms with Crippen molar-refractivity contribution in [3.63, 3.8) is 0 Å². The zero-order valence-electron chi connectivity index (χ0n) is 13.5. The van der Waals surface area contributed by atoms with E-state index in [1.165, 1.54) is 11.1 Å². The maximum Gasteiger partial charge on any atom is -0.0157 e. The van der Waals surface area contributed by atoms with Crippen molar-refractivity contribution in [2.24, 2.45) is 0 Å². The summed E-state index contributed by atoms with van der Waals surface area (Å²) in [6, 6.07) is 0. The summed E-state index contributed by atoms with van der Waals surface area (Å²) in [7, 11) is 0. The van der Waals surface area contributed by atoms with E-state index in [1.54, 1.807) is 0 Å². The van der Waals surface area contributed by atoms with E-state index in [1.807, 2.05) is 54.5 Å². The lowest BCUT2D eigenvalue weighted by molar-refractivity contribution is 1.37. The molecule has 0 saturated heterocycles. The van der Waals surface area contributed by atoms with Crippen LogP contribution in [0.3, 0.4) is 0 Å². The molecule has 0 spiro atoms. The van der Waals surface area contributed by atoms with Crippen LogP contribution in [0, 0.1) is 0 Å². The van der Waals surface area contributed by atoms with E-state index in [0.717, 1.165) is 6.42 Å². The molecule has 1 aliphatic carbocycles. The monoisotopic (exact) mass is 248 g/mol. The van der Waals surface area contributed by atoms with Gasteiger partial charge >= 0.3 is 0 Å². The Morgan fingerprint density at radius 1 is 1.00 bits per heavy atom. The molecule has 0 aliphatic heterocycles. The highest BCUT2D eigenvalue weighted by Gasteiger charge is 1.97. The van der Waals surface area contributed by atoms with Gasteiger partial charge in [0.1, 0.15) is 0 Å². The van der Waals surface area contributed by atoms with Gasteiger partial charge in [0, 0.05) is 0 Å². The second-order valence-corrected chi connectivity index (χ2v) is 2.65. The molecule has 0 atom stereocenters. The highest BCUT2D eigenvalue weighted by atomic mass is 14.0. The molecule has 0 heterocycles. The average molecular weight is 248 g/mol. The van der Waals surface area contributed by atoms with E-state index < -0.39 is 0 Å². The van der Waals surface area contributed by atoms with Crippen molar-refractivity contribution in [1.82, 2.24) is 0 Å². The Kier molecular flexibility index (Phi) is 25.6. The van der Waals surface area contributed by atoms with Gasteiger partial charge in [-0.05, 0) is 24.5 Å². The molecule has 0 saturated carbocycles. The lowest BCUT2D eigenvalue weighted by Gasteiger charge is -1.99. The van der Waals surface area contributed by atoms with Crippen LogP contribution >= 0.6 is 0 Å². The number of rotatable bonds is 2. The van der Waals surface area contributed by atoms with Crippen LogP contribution < -0.4 is 0 Å². The standard InChI is InChI=1S/C12H14.3C2H6/c1-3-8-12-10-7-5-6-9-11(12)4-2;3*1-2/h3-6,8-10H,2,7H2,1H3;3*1-2H3/b8-3-;;;. The maximum absolute atomic E-state index is 3.78. The van der Waals surface area contributed by atoms with Crippen molar-refractivity contribution in [1.29, 1.82) is 0 Å². The van der Waals surface area contributed by atoms with E-state index in [0.29, 0.717) is 0 Å². The van der Waals surface area contributed by atoms with Gasteiger partial charge in [0.25, 0.3) is 0 Å². The van der Waals surface area contributed by atoms with Crippen LogP contribution in [0.1, 0.15) is 54.9 Å². The third-order valence-electron chi connectivity index (χ3n) is 1.79. The van der Waals surface area contributed by atoms with Gasteiger partial charge in [0.15, 0.2) is 0 Å². The van der Waals surface area contributed by atoms with Crippen molar-refractivity contribution in [2.45, 2.75) is 54.9 Å². The van der Waals surface area contributed by atoms with Crippen LogP contribution in [-0.4, -0.2) is 0 Å². The topological polar surface area (TPSA) is 0 Å². The Bertz CT molecular complexity index is 272. The summed E-state index contributed by atoms with van der Waals surface area (Å²) in [4.78, 5) is 0. The Morgan fingerprint density at radius 2 is 1.56 bits per heavy atom. The third kappa shape index (κ3) is 11.2. The molecule has 1 aliphatic rings. The Labute approximate surface area is 116 Å². The van der Waals surface area contributed by atoms with Gasteiger partial charge in [0.2, 0.25) is 0 Å². The fourth-order valence-electron chi connectivity index (χ4n) is 1.19. The molecule has 0 aromatic rings. The van der Waals surface area contributed by atoms with Crippen molar-refractivity contribution < 1.29 is 0 Å². The van der Waals surface area contributed by atoms with Gasteiger partial charge in [-0.2, -0.15) is 0 Å². The fraction of sp³-hybridized carbons (Fsp3) is 0.444. The Morgan fingerprint density at radius 3 is 2.00 bits per heavy atom. The van der Waals surface area contributed by atoms with Gasteiger partial charge < -0.3 is 0 Å². The minimum Gasteiger partial charge on any atom is -0.0984 e. The zero-order valence-corrected chi connectivity index (χ0v) is 13.5. The Balaban J connectivity index is -0.000000328. The number of hydrogen-bond donors (Lipinski definition) is 0. The second kappa shape index (κ2) is 21.0. The first kappa shape index (κ1) is 21.9. The maximum atomic E-state index is 3.78. The fourth-order valence-corrected chi connectivity index (χ4v) is 1.19. The molecule has 0 aromatic carbocycles. The summed E-state index contributed by atoms with van der Waals surface area (Å²) < 4.78 is 0. The largest absolute Gasteiger partial charge is 0.0984 e. The second-order valence-electron chi connectivity index (χ2n) is 2.65. The predicted octanol–water partition coefficient (Wildman–Crippen LogP) is 6.64. The molecule has 0 N–H and O–H groups in total. The van der Waals surface area contributed by atoms with Crippen molar-refractivity contribution >= 4 is 0 Å². The van der Waals surface area contributed by atoms with Crippen molar-refractivity contribution in [3.05, 3.63) is 60.3 Å². The quantitative estimate of drug-likeness (QED) is 0.514. The lowest BCUT2D eigenvalue weighted by Crippen LogP contribution is -1.80. The Hall–Kier alpha value is -1.30. The van der Waals surface area contributed by atoms with Gasteiger partial charge in [-0.3, -0.25) is 0 Å². The molecular formula is C18H32. The summed E-state index contributed by atoms with van der Waals surface area (Å²) in [5.74, 6) is 0. The van der Waals surface area contributed by atoms with Crippen LogP contribution in [0.5, 0.6) is 0 Å². The molecule has 104 valence electrons. The first-order valence-electron chi connectivity index (χ1n) is 7.21. The summed E-state index contributed by atoms with van der Waals surface area (Å²) >= 11 is 0. The van der Waals surface area contributed by atoms with Crippen LogP contribution in [-0.2, 0) is 0 Å². The van der Waals surface area contributed by atoms with Crippen LogP contribution in [0.15, 0.2) is 60.3 Å². The third-order valence-corrected chi connectivity index (χ3v) is 1.79. The zero-order chi connectivity index (χ0) is 14.8.